The van der Waals surface area contributed by atoms with Gasteiger partial charge in [-0.15, -0.1) is 0 Å². The van der Waals surface area contributed by atoms with Gasteiger partial charge >= 0.3 is 0 Å². The Morgan fingerprint density at radius 3 is 2.79 bits per heavy atom. The van der Waals surface area contributed by atoms with Crippen LogP contribution in [0.25, 0.3) is 22.5 Å². The maximum absolute atomic E-state index is 14.0. The minimum atomic E-state index is -0.808. The van der Waals surface area contributed by atoms with E-state index in [1.807, 2.05) is 35.4 Å². The molecule has 0 spiro atoms. The molecule has 0 saturated carbocycles. The number of anilines is 1. The van der Waals surface area contributed by atoms with Crippen molar-refractivity contribution >= 4 is 5.82 Å². The fourth-order valence-corrected chi connectivity index (χ4v) is 4.46. The van der Waals surface area contributed by atoms with Crippen LogP contribution in [-0.4, -0.2) is 47.4 Å². The molecular weight excluding hydrogens is 367 g/mol. The molecule has 2 aromatic heterocycles. The summed E-state index contributed by atoms with van der Waals surface area (Å²) in [7, 11) is 1.76. The van der Waals surface area contributed by atoms with Gasteiger partial charge in [0.2, 0.25) is 0 Å². The third-order valence-electron chi connectivity index (χ3n) is 6.02. The van der Waals surface area contributed by atoms with Crippen LogP contribution in [0.1, 0.15) is 24.2 Å². The van der Waals surface area contributed by atoms with Crippen LogP contribution in [0.15, 0.2) is 42.6 Å². The second-order valence-corrected chi connectivity index (χ2v) is 7.87. The first-order valence-electron chi connectivity index (χ1n) is 10.3. The van der Waals surface area contributed by atoms with Gasteiger partial charge in [-0.2, -0.15) is 0 Å². The number of H-pyrrole nitrogens is 1. The topological polar surface area (TPSA) is 54.0 Å². The lowest BCUT2D eigenvalue weighted by molar-refractivity contribution is 0.0899. The van der Waals surface area contributed by atoms with Crippen molar-refractivity contribution in [2.45, 2.75) is 38.0 Å². The van der Waals surface area contributed by atoms with E-state index >= 15 is 0 Å². The third-order valence-corrected chi connectivity index (χ3v) is 6.02. The number of pyridine rings is 1. The summed E-state index contributed by atoms with van der Waals surface area (Å²) in [4.78, 5) is 15.2. The Labute approximate surface area is 170 Å². The van der Waals surface area contributed by atoms with Crippen molar-refractivity contribution in [3.05, 3.63) is 54.0 Å². The molecule has 1 aromatic carbocycles. The van der Waals surface area contributed by atoms with E-state index in [-0.39, 0.29) is 6.10 Å². The molecule has 5 nitrogen and oxygen atoms in total. The summed E-state index contributed by atoms with van der Waals surface area (Å²) in [6, 6.07) is 12.3. The number of aromatic amines is 1. The molecule has 1 N–H and O–H groups in total. The van der Waals surface area contributed by atoms with Crippen molar-refractivity contribution < 1.29 is 9.13 Å². The molecule has 0 bridgehead atoms. The molecule has 3 aromatic rings. The van der Waals surface area contributed by atoms with Gasteiger partial charge in [0.05, 0.1) is 23.9 Å². The summed E-state index contributed by atoms with van der Waals surface area (Å²) in [6.07, 6.45) is 4.50. The Morgan fingerprint density at radius 1 is 1.17 bits per heavy atom. The van der Waals surface area contributed by atoms with Crippen molar-refractivity contribution in [1.82, 2.24) is 15.0 Å². The number of alkyl halides is 1. The molecule has 1 aliphatic carbocycles. The molecule has 0 radical (unpaired) electrons. The van der Waals surface area contributed by atoms with E-state index in [1.54, 1.807) is 7.11 Å². The Morgan fingerprint density at radius 2 is 2.03 bits per heavy atom. The average Bonchev–Trinajstić information content (AvgIpc) is 3.39. The lowest BCUT2D eigenvalue weighted by atomic mass is 9.98. The Kier molecular flexibility index (Phi) is 4.79. The van der Waals surface area contributed by atoms with Crippen LogP contribution in [0, 0.1) is 0 Å². The molecule has 1 aliphatic heterocycles. The van der Waals surface area contributed by atoms with E-state index in [1.165, 1.54) is 0 Å². The van der Waals surface area contributed by atoms with Crippen LogP contribution in [0.3, 0.4) is 0 Å². The monoisotopic (exact) mass is 392 g/mol. The first kappa shape index (κ1) is 18.3. The van der Waals surface area contributed by atoms with E-state index in [0.29, 0.717) is 19.5 Å². The second kappa shape index (κ2) is 7.59. The van der Waals surface area contributed by atoms with Crippen LogP contribution in [-0.2, 0) is 17.6 Å². The summed E-state index contributed by atoms with van der Waals surface area (Å²) in [5.41, 5.74) is 5.36. The fourth-order valence-electron chi connectivity index (χ4n) is 4.46. The van der Waals surface area contributed by atoms with Crippen LogP contribution in [0.2, 0.25) is 0 Å². The highest BCUT2D eigenvalue weighted by Gasteiger charge is 2.29. The predicted molar refractivity (Wildman–Crippen MR) is 112 cm³/mol. The smallest absolute Gasteiger partial charge is 0.142 e. The largest absolute Gasteiger partial charge is 0.381 e. The number of hydrogen-bond donors (Lipinski definition) is 1. The second-order valence-electron chi connectivity index (χ2n) is 7.87. The minimum Gasteiger partial charge on any atom is -0.381 e. The molecule has 0 amide bonds. The number of nitrogens with one attached hydrogen (secondary N) is 1. The van der Waals surface area contributed by atoms with Crippen molar-refractivity contribution in [2.24, 2.45) is 0 Å². The van der Waals surface area contributed by atoms with Crippen molar-refractivity contribution in [1.29, 1.82) is 0 Å². The van der Waals surface area contributed by atoms with Crippen molar-refractivity contribution in [3.8, 4) is 22.5 Å². The minimum absolute atomic E-state index is 0.226. The van der Waals surface area contributed by atoms with Gasteiger partial charge in [0.25, 0.3) is 0 Å². The fraction of sp³-hybridized carbons (Fsp3) is 0.391. The predicted octanol–water partition coefficient (Wildman–Crippen LogP) is 4.19. The first-order valence-corrected chi connectivity index (χ1v) is 10.3. The third kappa shape index (κ3) is 3.42. The zero-order valence-electron chi connectivity index (χ0n) is 16.6. The summed E-state index contributed by atoms with van der Waals surface area (Å²) in [5.74, 6) is 1.62. The summed E-state index contributed by atoms with van der Waals surface area (Å²) >= 11 is 0. The molecule has 150 valence electrons. The number of imidazole rings is 1. The van der Waals surface area contributed by atoms with Gasteiger partial charge in [-0.05, 0) is 36.5 Å². The number of ether oxygens (including phenoxy) is 1. The quantitative estimate of drug-likeness (QED) is 0.723. The summed E-state index contributed by atoms with van der Waals surface area (Å²) < 4.78 is 19.5. The average molecular weight is 392 g/mol. The van der Waals surface area contributed by atoms with E-state index in [9.17, 15) is 4.39 Å². The molecule has 0 unspecified atom stereocenters. The van der Waals surface area contributed by atoms with Gasteiger partial charge in [0.15, 0.2) is 0 Å². The maximum atomic E-state index is 14.0. The number of benzene rings is 1. The number of hydrogen-bond acceptors (Lipinski definition) is 4. The van der Waals surface area contributed by atoms with Gasteiger partial charge < -0.3 is 14.6 Å². The number of methoxy groups -OCH3 is 1. The molecule has 5 rings (SSSR count). The number of aromatic nitrogens is 3. The molecule has 1 saturated heterocycles. The van der Waals surface area contributed by atoms with Gasteiger partial charge in [0, 0.05) is 32.0 Å². The number of fused-ring (bicyclic) bond motifs is 1. The molecule has 29 heavy (non-hydrogen) atoms. The van der Waals surface area contributed by atoms with Gasteiger partial charge in [0.1, 0.15) is 17.8 Å². The number of rotatable bonds is 4. The number of aryl methyl sites for hydroxylation is 1. The summed E-state index contributed by atoms with van der Waals surface area (Å²) in [6.45, 7) is 1.05. The van der Waals surface area contributed by atoms with Gasteiger partial charge in [-0.3, -0.25) is 0 Å². The van der Waals surface area contributed by atoms with E-state index in [2.05, 4.69) is 22.1 Å². The van der Waals surface area contributed by atoms with Crippen LogP contribution < -0.4 is 4.90 Å². The van der Waals surface area contributed by atoms with Gasteiger partial charge in [-0.1, -0.05) is 30.3 Å². The van der Waals surface area contributed by atoms with E-state index in [4.69, 9.17) is 9.72 Å². The number of nitrogens with zero attached hydrogens (tertiary/aromatic N) is 3. The van der Waals surface area contributed by atoms with Crippen LogP contribution in [0.4, 0.5) is 10.2 Å². The summed E-state index contributed by atoms with van der Waals surface area (Å²) in [5, 5.41) is 0. The molecule has 2 aliphatic rings. The highest BCUT2D eigenvalue weighted by molar-refractivity contribution is 5.88. The van der Waals surface area contributed by atoms with Crippen LogP contribution in [0.5, 0.6) is 0 Å². The molecular formula is C23H25FN4O. The lowest BCUT2D eigenvalue weighted by Crippen LogP contribution is -2.22. The van der Waals surface area contributed by atoms with Crippen molar-refractivity contribution in [3.63, 3.8) is 0 Å². The number of halogens is 1. The lowest BCUT2D eigenvalue weighted by Gasteiger charge is -2.21. The molecule has 2 atom stereocenters. The zero-order valence-corrected chi connectivity index (χ0v) is 16.6. The SMILES string of the molecule is CO[C@@H]1CCc2nc(-c3c(-c4ccccc4)ccnc3N3CC[C@H](F)C3)[nH]c2C1. The molecule has 1 fully saturated rings. The van der Waals surface area contributed by atoms with E-state index < -0.39 is 6.17 Å². The Hall–Kier alpha value is -2.73. The highest BCUT2D eigenvalue weighted by atomic mass is 19.1. The first-order chi connectivity index (χ1) is 14.2. The van der Waals surface area contributed by atoms with Gasteiger partial charge in [-0.25, -0.2) is 14.4 Å². The normalized spacial score (nSPS) is 21.4. The standard InChI is InChI=1S/C23H25FN4O/c1-29-17-7-8-19-20(13-17)27-22(26-19)21-18(15-5-3-2-4-6-15)9-11-25-23(21)28-12-10-16(24)14-28/h2-6,9,11,16-17H,7-8,10,12-14H2,1H3,(H,26,27)/t16-,17+/m0/s1. The Balaban J connectivity index is 1.65. The molecule has 3 heterocycles. The maximum Gasteiger partial charge on any atom is 0.142 e. The van der Waals surface area contributed by atoms with Crippen molar-refractivity contribution in [2.75, 3.05) is 25.1 Å². The van der Waals surface area contributed by atoms with E-state index in [0.717, 1.165) is 59.0 Å². The zero-order chi connectivity index (χ0) is 19.8. The Bertz CT molecular complexity index is 1000. The highest BCUT2D eigenvalue weighted by Crippen LogP contribution is 2.39. The van der Waals surface area contributed by atoms with Crippen LogP contribution >= 0.6 is 0 Å². The molecule has 6 heteroatoms.